The van der Waals surface area contributed by atoms with Crippen LogP contribution in [0.1, 0.15) is 12.5 Å². The zero-order chi connectivity index (χ0) is 30.5. The first kappa shape index (κ1) is 30.8. The molecule has 9 nitrogen and oxygen atoms in total. The minimum absolute atomic E-state index is 0.0640. The summed E-state index contributed by atoms with van der Waals surface area (Å²) in [4.78, 5) is 12.9. The first-order valence-electron chi connectivity index (χ1n) is 12.6. The van der Waals surface area contributed by atoms with Gasteiger partial charge in [-0.3, -0.25) is 13.8 Å². The van der Waals surface area contributed by atoms with E-state index in [0.717, 1.165) is 16.4 Å². The smallest absolute Gasteiger partial charge is 0.264 e. The van der Waals surface area contributed by atoms with Gasteiger partial charge in [-0.05, 0) is 104 Å². The van der Waals surface area contributed by atoms with Crippen molar-refractivity contribution in [2.24, 2.45) is 0 Å². The van der Waals surface area contributed by atoms with Crippen LogP contribution < -0.4 is 19.1 Å². The van der Waals surface area contributed by atoms with E-state index in [0.29, 0.717) is 28.6 Å². The third-order valence-electron chi connectivity index (χ3n) is 6.08. The van der Waals surface area contributed by atoms with E-state index in [1.807, 2.05) is 0 Å². The predicted octanol–water partition coefficient (Wildman–Crippen LogP) is 5.82. The quantitative estimate of drug-likeness (QED) is 0.215. The molecule has 4 aromatic carbocycles. The Morgan fingerprint density at radius 3 is 2.12 bits per heavy atom. The van der Waals surface area contributed by atoms with Gasteiger partial charge in [0.25, 0.3) is 20.0 Å². The average Bonchev–Trinajstić information content (AvgIpc) is 2.95. The van der Waals surface area contributed by atoms with Gasteiger partial charge < -0.3 is 10.1 Å². The van der Waals surface area contributed by atoms with Crippen molar-refractivity contribution in [1.82, 2.24) is 0 Å². The number of amides is 1. The summed E-state index contributed by atoms with van der Waals surface area (Å²) in [7, 11) is -8.21. The molecule has 0 radical (unpaired) electrons. The predicted molar refractivity (Wildman–Crippen MR) is 161 cm³/mol. The molecular formula is C29H27ClFN3O6S2. The normalized spacial score (nSPS) is 11.5. The molecule has 0 fully saturated rings. The number of nitrogens with one attached hydrogen (secondary N) is 2. The number of hydrogen-bond acceptors (Lipinski definition) is 6. The van der Waals surface area contributed by atoms with Gasteiger partial charge in [-0.1, -0.05) is 17.7 Å². The second kappa shape index (κ2) is 12.8. The molecule has 0 atom stereocenters. The second-order valence-electron chi connectivity index (χ2n) is 8.98. The van der Waals surface area contributed by atoms with Crippen LogP contribution in [0.3, 0.4) is 0 Å². The van der Waals surface area contributed by atoms with Crippen LogP contribution in [0.4, 0.5) is 21.5 Å². The van der Waals surface area contributed by atoms with Crippen LogP contribution in [0.2, 0.25) is 5.02 Å². The molecule has 4 rings (SSSR count). The Hall–Kier alpha value is -4.13. The van der Waals surface area contributed by atoms with Crippen LogP contribution in [-0.2, 0) is 24.8 Å². The lowest BCUT2D eigenvalue weighted by Crippen LogP contribution is -2.38. The molecule has 2 N–H and O–H groups in total. The number of anilines is 3. The molecule has 1 amide bonds. The summed E-state index contributed by atoms with van der Waals surface area (Å²) in [5, 5.41) is 2.99. The Bertz CT molecular complexity index is 1780. The number of carbonyl (C=O) groups is 1. The Morgan fingerprint density at radius 2 is 1.50 bits per heavy atom. The second-order valence-corrected chi connectivity index (χ2v) is 12.9. The summed E-state index contributed by atoms with van der Waals surface area (Å²) < 4.78 is 75.2. The minimum atomic E-state index is -4.25. The number of nitrogens with zero attached hydrogens (tertiary/aromatic N) is 1. The summed E-state index contributed by atoms with van der Waals surface area (Å²) in [6.07, 6.45) is 0. The van der Waals surface area contributed by atoms with E-state index in [2.05, 4.69) is 10.0 Å². The number of sulfonamides is 2. The third-order valence-corrected chi connectivity index (χ3v) is 9.66. The van der Waals surface area contributed by atoms with Gasteiger partial charge in [-0.2, -0.15) is 0 Å². The van der Waals surface area contributed by atoms with Crippen molar-refractivity contribution in [1.29, 1.82) is 0 Å². The summed E-state index contributed by atoms with van der Waals surface area (Å²) in [6, 6.07) is 20.6. The van der Waals surface area contributed by atoms with Crippen molar-refractivity contribution >= 4 is 54.6 Å². The molecule has 0 heterocycles. The van der Waals surface area contributed by atoms with Crippen molar-refractivity contribution in [3.63, 3.8) is 0 Å². The van der Waals surface area contributed by atoms with Gasteiger partial charge in [-0.25, -0.2) is 21.2 Å². The summed E-state index contributed by atoms with van der Waals surface area (Å²) in [5.74, 6) is -0.806. The Kier molecular flexibility index (Phi) is 9.40. The number of hydrogen-bond donors (Lipinski definition) is 2. The van der Waals surface area contributed by atoms with Crippen LogP contribution in [0, 0.1) is 12.7 Å². The number of rotatable bonds is 11. The Labute approximate surface area is 249 Å². The topological polar surface area (TPSA) is 122 Å². The fraction of sp³-hybridized carbons (Fsp3) is 0.138. The molecule has 0 saturated heterocycles. The number of halogens is 2. The maximum absolute atomic E-state index is 13.6. The van der Waals surface area contributed by atoms with Gasteiger partial charge in [0.05, 0.1) is 27.8 Å². The van der Waals surface area contributed by atoms with Crippen LogP contribution in [0.5, 0.6) is 5.75 Å². The number of ether oxygens (including phenoxy) is 1. The van der Waals surface area contributed by atoms with Gasteiger partial charge >= 0.3 is 0 Å². The SMILES string of the molecule is CCOc1ccc(S(=O)(=O)N(CC(=O)Nc2ccc(S(=O)(=O)Nc3cccc(Cl)c3C)cc2)c2ccc(F)cc2)cc1. The van der Waals surface area contributed by atoms with E-state index in [1.54, 1.807) is 32.0 Å². The largest absolute Gasteiger partial charge is 0.494 e. The molecule has 42 heavy (non-hydrogen) atoms. The van der Waals surface area contributed by atoms with E-state index in [-0.39, 0.29) is 21.2 Å². The van der Waals surface area contributed by atoms with Gasteiger partial charge in [0.1, 0.15) is 18.1 Å². The van der Waals surface area contributed by atoms with E-state index < -0.39 is 38.3 Å². The van der Waals surface area contributed by atoms with E-state index >= 15 is 0 Å². The molecule has 13 heteroatoms. The molecule has 0 aliphatic carbocycles. The van der Waals surface area contributed by atoms with Gasteiger partial charge in [-0.15, -0.1) is 0 Å². The van der Waals surface area contributed by atoms with Crippen LogP contribution in [-0.4, -0.2) is 35.9 Å². The molecule has 4 aromatic rings. The lowest BCUT2D eigenvalue weighted by Gasteiger charge is -2.24. The lowest BCUT2D eigenvalue weighted by atomic mass is 10.2. The van der Waals surface area contributed by atoms with Crippen LogP contribution in [0.15, 0.2) is 101 Å². The average molecular weight is 632 g/mol. The van der Waals surface area contributed by atoms with E-state index in [4.69, 9.17) is 16.3 Å². The molecule has 0 aliphatic rings. The molecule has 0 bridgehead atoms. The maximum atomic E-state index is 13.6. The minimum Gasteiger partial charge on any atom is -0.494 e. The Balaban J connectivity index is 1.53. The van der Waals surface area contributed by atoms with Crippen LogP contribution in [0.25, 0.3) is 0 Å². The standard InChI is InChI=1S/C29H27ClFN3O6S2/c1-3-40-24-13-17-26(18-14-24)42(38,39)34(23-11-7-21(31)8-12-23)19-29(35)32-22-9-15-25(16-10-22)41(36,37)33-28-6-4-5-27(30)20(28)2/h4-18,33H,3,19H2,1-2H3,(H,32,35). The number of carbonyl (C=O) groups excluding carboxylic acids is 1. The highest BCUT2D eigenvalue weighted by atomic mass is 35.5. The van der Waals surface area contributed by atoms with Crippen molar-refractivity contribution in [3.8, 4) is 5.75 Å². The fourth-order valence-corrected chi connectivity index (χ4v) is 6.61. The fourth-order valence-electron chi connectivity index (χ4n) is 3.89. The monoisotopic (exact) mass is 631 g/mol. The number of benzene rings is 4. The van der Waals surface area contributed by atoms with Gasteiger partial charge in [0, 0.05) is 10.7 Å². The summed E-state index contributed by atoms with van der Waals surface area (Å²) in [6.45, 7) is 3.24. The van der Waals surface area contributed by atoms with Crippen molar-refractivity contribution in [2.45, 2.75) is 23.6 Å². The molecule has 220 valence electrons. The van der Waals surface area contributed by atoms with Crippen molar-refractivity contribution in [2.75, 3.05) is 27.5 Å². The van der Waals surface area contributed by atoms with E-state index in [1.165, 1.54) is 60.7 Å². The molecule has 0 saturated carbocycles. The van der Waals surface area contributed by atoms with Crippen LogP contribution >= 0.6 is 11.6 Å². The molecule has 0 spiro atoms. The molecule has 0 aliphatic heterocycles. The Morgan fingerprint density at radius 1 is 0.881 bits per heavy atom. The highest BCUT2D eigenvalue weighted by Gasteiger charge is 2.27. The zero-order valence-corrected chi connectivity index (χ0v) is 24.9. The van der Waals surface area contributed by atoms with E-state index in [9.17, 15) is 26.0 Å². The first-order chi connectivity index (χ1) is 19.9. The van der Waals surface area contributed by atoms with Crippen molar-refractivity contribution in [3.05, 3.63) is 107 Å². The molecule has 0 unspecified atom stereocenters. The van der Waals surface area contributed by atoms with Crippen molar-refractivity contribution < 1.29 is 30.8 Å². The summed E-state index contributed by atoms with van der Waals surface area (Å²) >= 11 is 6.08. The maximum Gasteiger partial charge on any atom is 0.264 e. The first-order valence-corrected chi connectivity index (χ1v) is 15.9. The zero-order valence-electron chi connectivity index (χ0n) is 22.5. The molecular weight excluding hydrogens is 605 g/mol. The highest BCUT2D eigenvalue weighted by molar-refractivity contribution is 7.93. The summed E-state index contributed by atoms with van der Waals surface area (Å²) in [5.41, 5.74) is 1.20. The van der Waals surface area contributed by atoms with Gasteiger partial charge in [0.2, 0.25) is 5.91 Å². The van der Waals surface area contributed by atoms with Gasteiger partial charge in [0.15, 0.2) is 0 Å². The lowest BCUT2D eigenvalue weighted by molar-refractivity contribution is -0.114. The third kappa shape index (κ3) is 7.19. The highest BCUT2D eigenvalue weighted by Crippen LogP contribution is 2.27. The molecule has 0 aromatic heterocycles.